The summed E-state index contributed by atoms with van der Waals surface area (Å²) in [5, 5.41) is 15.3. The molecule has 0 bridgehead atoms. The molecule has 0 saturated carbocycles. The lowest BCUT2D eigenvalue weighted by Gasteiger charge is -2.22. The molecule has 0 unspecified atom stereocenters. The number of nitrogens with one attached hydrogen (secondary N) is 1. The Morgan fingerprint density at radius 3 is 2.38 bits per heavy atom. The first kappa shape index (κ1) is 18.6. The van der Waals surface area contributed by atoms with Crippen LogP contribution >= 0.6 is 0 Å². The van der Waals surface area contributed by atoms with E-state index >= 15 is 0 Å². The number of hydrogen-bond acceptors (Lipinski definition) is 5. The number of hydrogen-bond donors (Lipinski definition) is 1. The topological polar surface area (TPSA) is 85.8 Å². The van der Waals surface area contributed by atoms with Gasteiger partial charge in [0.25, 0.3) is 5.91 Å². The van der Waals surface area contributed by atoms with Gasteiger partial charge in [-0.1, -0.05) is 58.9 Å². The van der Waals surface area contributed by atoms with Crippen molar-refractivity contribution in [3.05, 3.63) is 83.9 Å². The van der Waals surface area contributed by atoms with Crippen molar-refractivity contribution < 1.29 is 9.32 Å². The van der Waals surface area contributed by atoms with Gasteiger partial charge in [-0.25, -0.2) is 4.68 Å². The molecule has 2 aromatic carbocycles. The van der Waals surface area contributed by atoms with E-state index < -0.39 is 5.54 Å². The minimum atomic E-state index is -0.778. The minimum absolute atomic E-state index is 0.268. The van der Waals surface area contributed by atoms with E-state index in [1.54, 1.807) is 4.68 Å². The van der Waals surface area contributed by atoms with Crippen LogP contribution in [0.1, 0.15) is 35.8 Å². The number of benzene rings is 2. The van der Waals surface area contributed by atoms with Gasteiger partial charge >= 0.3 is 0 Å². The zero-order valence-electron chi connectivity index (χ0n) is 16.5. The maximum absolute atomic E-state index is 12.9. The summed E-state index contributed by atoms with van der Waals surface area (Å²) in [7, 11) is 0. The predicted octanol–water partition coefficient (Wildman–Crippen LogP) is 3.90. The van der Waals surface area contributed by atoms with Crippen molar-refractivity contribution in [1.82, 2.24) is 25.5 Å². The van der Waals surface area contributed by atoms with Gasteiger partial charge in [-0.3, -0.25) is 4.79 Å². The van der Waals surface area contributed by atoms with E-state index in [9.17, 15) is 4.79 Å². The van der Waals surface area contributed by atoms with E-state index in [1.807, 2.05) is 87.5 Å². The van der Waals surface area contributed by atoms with Gasteiger partial charge < -0.3 is 9.84 Å². The molecule has 2 heterocycles. The van der Waals surface area contributed by atoms with Crippen LogP contribution in [0.3, 0.4) is 0 Å². The van der Waals surface area contributed by atoms with Crippen molar-refractivity contribution >= 4 is 5.91 Å². The molecule has 2 aromatic heterocycles. The normalized spacial score (nSPS) is 11.4. The van der Waals surface area contributed by atoms with Crippen LogP contribution in [0, 0.1) is 6.92 Å². The molecule has 29 heavy (non-hydrogen) atoms. The molecule has 7 heteroatoms. The highest BCUT2D eigenvalue weighted by molar-refractivity contribution is 5.93. The Balaban J connectivity index is 1.55. The first-order valence-corrected chi connectivity index (χ1v) is 9.28. The summed E-state index contributed by atoms with van der Waals surface area (Å²) in [5.74, 6) is 0.227. The fraction of sp³-hybridized carbons (Fsp3) is 0.182. The van der Waals surface area contributed by atoms with E-state index in [0.29, 0.717) is 17.1 Å². The molecule has 0 saturated heterocycles. The summed E-state index contributed by atoms with van der Waals surface area (Å²) in [6, 6.07) is 21.1. The van der Waals surface area contributed by atoms with E-state index in [2.05, 4.69) is 20.8 Å². The third kappa shape index (κ3) is 3.67. The van der Waals surface area contributed by atoms with Crippen molar-refractivity contribution in [2.75, 3.05) is 0 Å². The molecule has 1 N–H and O–H groups in total. The lowest BCUT2D eigenvalue weighted by atomic mass is 10.00. The van der Waals surface area contributed by atoms with Gasteiger partial charge in [0, 0.05) is 11.6 Å². The molecule has 0 spiro atoms. The first-order valence-electron chi connectivity index (χ1n) is 9.28. The predicted molar refractivity (Wildman–Crippen MR) is 109 cm³/mol. The van der Waals surface area contributed by atoms with Crippen LogP contribution in [0.4, 0.5) is 0 Å². The molecule has 146 valence electrons. The van der Waals surface area contributed by atoms with Crippen LogP contribution in [0.2, 0.25) is 0 Å². The second-order valence-corrected chi connectivity index (χ2v) is 7.29. The van der Waals surface area contributed by atoms with Gasteiger partial charge in [0.15, 0.2) is 11.5 Å². The number of para-hydroxylation sites is 1. The summed E-state index contributed by atoms with van der Waals surface area (Å²) in [6.07, 6.45) is 0. The van der Waals surface area contributed by atoms with Crippen LogP contribution < -0.4 is 5.32 Å². The Bertz CT molecular complexity index is 1130. The number of carbonyl (C=O) groups is 1. The molecule has 0 fully saturated rings. The first-order chi connectivity index (χ1) is 14.0. The zero-order valence-corrected chi connectivity index (χ0v) is 16.5. The Kier molecular flexibility index (Phi) is 4.72. The summed E-state index contributed by atoms with van der Waals surface area (Å²) in [4.78, 5) is 12.9. The summed E-state index contributed by atoms with van der Waals surface area (Å²) in [6.45, 7) is 5.53. The van der Waals surface area contributed by atoms with Crippen LogP contribution in [-0.2, 0) is 5.54 Å². The van der Waals surface area contributed by atoms with Crippen LogP contribution in [0.25, 0.3) is 16.9 Å². The molecule has 0 atom stereocenters. The molecular formula is C22H21N5O2. The molecule has 1 amide bonds. The summed E-state index contributed by atoms with van der Waals surface area (Å²) in [5.41, 5.74) is 2.66. The van der Waals surface area contributed by atoms with E-state index in [4.69, 9.17) is 4.52 Å². The Labute approximate surface area is 168 Å². The smallest absolute Gasteiger partial charge is 0.274 e. The molecule has 7 nitrogen and oxygen atoms in total. The summed E-state index contributed by atoms with van der Waals surface area (Å²) < 4.78 is 7.16. The third-order valence-electron chi connectivity index (χ3n) is 4.73. The van der Waals surface area contributed by atoms with Gasteiger partial charge in [-0.2, -0.15) is 0 Å². The molecule has 0 aliphatic rings. The van der Waals surface area contributed by atoms with Crippen molar-refractivity contribution in [1.29, 1.82) is 0 Å². The van der Waals surface area contributed by atoms with Gasteiger partial charge in [0.1, 0.15) is 5.69 Å². The van der Waals surface area contributed by atoms with E-state index in [1.165, 1.54) is 0 Å². The largest absolute Gasteiger partial charge is 0.358 e. The quantitative estimate of drug-likeness (QED) is 0.561. The third-order valence-corrected chi connectivity index (χ3v) is 4.73. The second kappa shape index (κ2) is 7.35. The van der Waals surface area contributed by atoms with Crippen LogP contribution in [0.15, 0.2) is 71.3 Å². The van der Waals surface area contributed by atoms with Crippen molar-refractivity contribution in [2.24, 2.45) is 0 Å². The van der Waals surface area contributed by atoms with E-state index in [0.717, 1.165) is 11.3 Å². The van der Waals surface area contributed by atoms with Gasteiger partial charge in [-0.05, 0) is 32.9 Å². The fourth-order valence-electron chi connectivity index (χ4n) is 3.07. The Morgan fingerprint density at radius 2 is 1.69 bits per heavy atom. The minimum Gasteiger partial charge on any atom is -0.358 e. The lowest BCUT2D eigenvalue weighted by Crippen LogP contribution is -2.41. The highest BCUT2D eigenvalue weighted by Crippen LogP contribution is 2.26. The number of nitrogens with zero attached hydrogens (tertiary/aromatic N) is 4. The average molecular weight is 387 g/mol. The molecule has 0 aliphatic carbocycles. The standard InChI is InChI=1S/C22H21N5O2/c1-15-20(24-26-27(15)17-12-8-5-9-13-17)21(28)23-22(2,3)19-14-18(25-29-19)16-10-6-4-7-11-16/h4-14H,1-3H3,(H,23,28). The monoisotopic (exact) mass is 387 g/mol. The van der Waals surface area contributed by atoms with Crippen LogP contribution in [0.5, 0.6) is 0 Å². The molecule has 4 aromatic rings. The molecule has 4 rings (SSSR count). The number of rotatable bonds is 5. The van der Waals surface area contributed by atoms with Crippen LogP contribution in [-0.4, -0.2) is 26.1 Å². The fourth-order valence-corrected chi connectivity index (χ4v) is 3.07. The van der Waals surface area contributed by atoms with Crippen molar-refractivity contribution in [3.63, 3.8) is 0 Å². The SMILES string of the molecule is Cc1c(C(=O)NC(C)(C)c2cc(-c3ccccc3)no2)nnn1-c1ccccc1. The number of carbonyl (C=O) groups excluding carboxylic acids is 1. The van der Waals surface area contributed by atoms with Gasteiger partial charge in [0.2, 0.25) is 0 Å². The Hall–Kier alpha value is -3.74. The molecule has 0 aliphatic heterocycles. The molecule has 0 radical (unpaired) electrons. The van der Waals surface area contributed by atoms with Gasteiger partial charge in [-0.15, -0.1) is 5.10 Å². The Morgan fingerprint density at radius 1 is 1.03 bits per heavy atom. The maximum atomic E-state index is 12.9. The number of aromatic nitrogens is 4. The average Bonchev–Trinajstić information content (AvgIpc) is 3.37. The highest BCUT2D eigenvalue weighted by atomic mass is 16.5. The van der Waals surface area contributed by atoms with Crippen molar-refractivity contribution in [3.8, 4) is 16.9 Å². The van der Waals surface area contributed by atoms with Crippen molar-refractivity contribution in [2.45, 2.75) is 26.3 Å². The van der Waals surface area contributed by atoms with E-state index in [-0.39, 0.29) is 11.6 Å². The number of amides is 1. The lowest BCUT2D eigenvalue weighted by molar-refractivity contribution is 0.0892. The summed E-state index contributed by atoms with van der Waals surface area (Å²) >= 11 is 0. The van der Waals surface area contributed by atoms with Gasteiger partial charge in [0.05, 0.1) is 16.9 Å². The zero-order chi connectivity index (χ0) is 20.4. The second-order valence-electron chi connectivity index (χ2n) is 7.29. The maximum Gasteiger partial charge on any atom is 0.274 e. The highest BCUT2D eigenvalue weighted by Gasteiger charge is 2.30. The molecular weight excluding hydrogens is 366 g/mol.